The third kappa shape index (κ3) is 6.55. The summed E-state index contributed by atoms with van der Waals surface area (Å²) in [6.45, 7) is 7.48. The molecular weight excluding hydrogens is 354 g/mol. The molecule has 150 valence electrons. The highest BCUT2D eigenvalue weighted by Gasteiger charge is 2.10. The van der Waals surface area contributed by atoms with Gasteiger partial charge in [0.15, 0.2) is 0 Å². The van der Waals surface area contributed by atoms with Crippen molar-refractivity contribution in [1.29, 1.82) is 0 Å². The van der Waals surface area contributed by atoms with E-state index in [1.54, 1.807) is 0 Å². The third-order valence-electron chi connectivity index (χ3n) is 4.78. The molecule has 2 N–H and O–H groups in total. The average molecular weight is 383 g/mol. The van der Waals surface area contributed by atoms with Gasteiger partial charge in [-0.1, -0.05) is 42.5 Å². The van der Waals surface area contributed by atoms with E-state index < -0.39 is 0 Å². The van der Waals surface area contributed by atoms with Crippen LogP contribution in [0.25, 0.3) is 0 Å². The summed E-state index contributed by atoms with van der Waals surface area (Å²) in [5.41, 5.74) is 2.08. The number of benzene rings is 2. The molecular formula is C22H29N3O3. The number of amides is 2. The maximum absolute atomic E-state index is 12.2. The number of ether oxygens (including phenoxy) is 2. The van der Waals surface area contributed by atoms with Crippen LogP contribution in [-0.4, -0.2) is 50.4 Å². The van der Waals surface area contributed by atoms with Crippen molar-refractivity contribution in [3.8, 4) is 5.75 Å². The number of hydrogen-bond donors (Lipinski definition) is 2. The van der Waals surface area contributed by atoms with Gasteiger partial charge in [0.25, 0.3) is 0 Å². The van der Waals surface area contributed by atoms with Gasteiger partial charge >= 0.3 is 6.03 Å². The van der Waals surface area contributed by atoms with Gasteiger partial charge in [-0.05, 0) is 30.2 Å². The van der Waals surface area contributed by atoms with E-state index in [2.05, 4.69) is 15.5 Å². The van der Waals surface area contributed by atoms with Gasteiger partial charge in [-0.25, -0.2) is 4.79 Å². The van der Waals surface area contributed by atoms with E-state index in [9.17, 15) is 4.79 Å². The number of carbonyl (C=O) groups is 1. The second kappa shape index (κ2) is 10.7. The van der Waals surface area contributed by atoms with E-state index in [1.165, 1.54) is 0 Å². The van der Waals surface area contributed by atoms with Crippen LogP contribution in [0.3, 0.4) is 0 Å². The monoisotopic (exact) mass is 383 g/mol. The summed E-state index contributed by atoms with van der Waals surface area (Å²) in [6.07, 6.45) is 0. The Morgan fingerprint density at radius 2 is 1.93 bits per heavy atom. The van der Waals surface area contributed by atoms with Crippen molar-refractivity contribution in [1.82, 2.24) is 15.5 Å². The second-order valence-corrected chi connectivity index (χ2v) is 6.91. The molecule has 0 spiro atoms. The zero-order valence-corrected chi connectivity index (χ0v) is 16.4. The Kier molecular flexibility index (Phi) is 7.70. The number of hydrogen-bond acceptors (Lipinski definition) is 4. The minimum atomic E-state index is -0.185. The highest BCUT2D eigenvalue weighted by Crippen LogP contribution is 2.14. The molecule has 2 aromatic carbocycles. The second-order valence-electron chi connectivity index (χ2n) is 6.91. The highest BCUT2D eigenvalue weighted by molar-refractivity contribution is 5.74. The van der Waals surface area contributed by atoms with Crippen LogP contribution < -0.4 is 15.4 Å². The van der Waals surface area contributed by atoms with Gasteiger partial charge in [0, 0.05) is 26.2 Å². The fourth-order valence-corrected chi connectivity index (χ4v) is 3.12. The molecule has 2 aromatic rings. The molecule has 1 saturated heterocycles. The first-order valence-electron chi connectivity index (χ1n) is 9.82. The normalized spacial score (nSPS) is 15.6. The van der Waals surface area contributed by atoms with Crippen molar-refractivity contribution < 1.29 is 14.3 Å². The first kappa shape index (κ1) is 20.2. The number of carbonyl (C=O) groups excluding carboxylic acids is 1. The van der Waals surface area contributed by atoms with E-state index >= 15 is 0 Å². The Balaban J connectivity index is 1.40. The van der Waals surface area contributed by atoms with Crippen molar-refractivity contribution in [3.05, 3.63) is 65.7 Å². The lowest BCUT2D eigenvalue weighted by molar-refractivity contribution is 0.0322. The van der Waals surface area contributed by atoms with Gasteiger partial charge in [-0.2, -0.15) is 0 Å². The van der Waals surface area contributed by atoms with Crippen LogP contribution >= 0.6 is 0 Å². The quantitative estimate of drug-likeness (QED) is 0.736. The van der Waals surface area contributed by atoms with Crippen LogP contribution in [0.2, 0.25) is 0 Å². The smallest absolute Gasteiger partial charge is 0.315 e. The van der Waals surface area contributed by atoms with Crippen LogP contribution in [0.5, 0.6) is 5.75 Å². The largest absolute Gasteiger partial charge is 0.492 e. The fraction of sp³-hybridized carbons (Fsp3) is 0.409. The average Bonchev–Trinajstić information content (AvgIpc) is 2.74. The predicted molar refractivity (Wildman–Crippen MR) is 109 cm³/mol. The zero-order valence-electron chi connectivity index (χ0n) is 16.4. The first-order chi connectivity index (χ1) is 13.7. The molecule has 0 radical (unpaired) electrons. The van der Waals surface area contributed by atoms with Gasteiger partial charge < -0.3 is 20.1 Å². The lowest BCUT2D eigenvalue weighted by Gasteiger charge is -2.26. The van der Waals surface area contributed by atoms with Crippen LogP contribution in [0.4, 0.5) is 4.79 Å². The van der Waals surface area contributed by atoms with Crippen molar-refractivity contribution in [2.45, 2.75) is 19.5 Å². The Labute approximate surface area is 166 Å². The number of urea groups is 1. The fourth-order valence-electron chi connectivity index (χ4n) is 3.12. The zero-order chi connectivity index (χ0) is 19.6. The van der Waals surface area contributed by atoms with E-state index in [0.717, 1.165) is 49.7 Å². The number of morpholine rings is 1. The Morgan fingerprint density at radius 3 is 2.71 bits per heavy atom. The number of nitrogens with zero attached hydrogens (tertiary/aromatic N) is 1. The summed E-state index contributed by atoms with van der Waals surface area (Å²) in [5, 5.41) is 5.86. The van der Waals surface area contributed by atoms with Gasteiger partial charge in [-0.3, -0.25) is 4.90 Å². The molecule has 1 fully saturated rings. The molecule has 1 heterocycles. The van der Waals surface area contributed by atoms with E-state index in [1.807, 2.05) is 61.5 Å². The summed E-state index contributed by atoms with van der Waals surface area (Å²) in [5.74, 6) is 0.825. The molecule has 0 bridgehead atoms. The van der Waals surface area contributed by atoms with Crippen molar-refractivity contribution in [3.63, 3.8) is 0 Å². The Morgan fingerprint density at radius 1 is 1.14 bits per heavy atom. The lowest BCUT2D eigenvalue weighted by atomic mass is 10.1. The summed E-state index contributed by atoms with van der Waals surface area (Å²) in [7, 11) is 0. The van der Waals surface area contributed by atoms with Crippen LogP contribution in [0.1, 0.15) is 24.1 Å². The first-order valence-corrected chi connectivity index (χ1v) is 9.82. The highest BCUT2D eigenvalue weighted by atomic mass is 16.5. The standard InChI is InChI=1S/C22H29N3O3/c1-18(20-7-3-2-4-8-20)24-22(26)23-17-19-6-5-9-21(16-19)28-15-12-25-10-13-27-14-11-25/h2-9,16,18H,10-15,17H2,1H3,(H2,23,24,26). The minimum Gasteiger partial charge on any atom is -0.492 e. The van der Waals surface area contributed by atoms with Crippen LogP contribution in [0.15, 0.2) is 54.6 Å². The molecule has 0 saturated carbocycles. The summed E-state index contributed by atoms with van der Waals surface area (Å²) in [4.78, 5) is 14.5. The molecule has 0 aromatic heterocycles. The van der Waals surface area contributed by atoms with Crippen molar-refractivity contribution >= 4 is 6.03 Å². The molecule has 3 rings (SSSR count). The maximum atomic E-state index is 12.2. The topological polar surface area (TPSA) is 62.8 Å². The summed E-state index contributed by atoms with van der Waals surface area (Å²) < 4.78 is 11.2. The lowest BCUT2D eigenvalue weighted by Crippen LogP contribution is -2.38. The maximum Gasteiger partial charge on any atom is 0.315 e. The van der Waals surface area contributed by atoms with Gasteiger partial charge in [0.2, 0.25) is 0 Å². The number of rotatable bonds is 8. The number of nitrogens with one attached hydrogen (secondary N) is 2. The van der Waals surface area contributed by atoms with Crippen LogP contribution in [0, 0.1) is 0 Å². The van der Waals surface area contributed by atoms with Crippen LogP contribution in [-0.2, 0) is 11.3 Å². The van der Waals surface area contributed by atoms with E-state index in [4.69, 9.17) is 9.47 Å². The molecule has 6 heteroatoms. The summed E-state index contributed by atoms with van der Waals surface area (Å²) in [6, 6.07) is 17.5. The molecule has 2 amide bonds. The molecule has 1 aliphatic heterocycles. The SMILES string of the molecule is CC(NC(=O)NCc1cccc(OCCN2CCOCC2)c1)c1ccccc1. The summed E-state index contributed by atoms with van der Waals surface area (Å²) >= 11 is 0. The predicted octanol–water partition coefficient (Wildman–Crippen LogP) is 2.96. The molecule has 0 aliphatic carbocycles. The Bertz CT molecular complexity index is 733. The van der Waals surface area contributed by atoms with Gasteiger partial charge in [-0.15, -0.1) is 0 Å². The van der Waals surface area contributed by atoms with Crippen molar-refractivity contribution in [2.75, 3.05) is 39.5 Å². The van der Waals surface area contributed by atoms with Gasteiger partial charge in [0.1, 0.15) is 12.4 Å². The molecule has 1 atom stereocenters. The molecule has 1 aliphatic rings. The van der Waals surface area contributed by atoms with Gasteiger partial charge in [0.05, 0.1) is 19.3 Å². The van der Waals surface area contributed by atoms with E-state index in [-0.39, 0.29) is 12.1 Å². The third-order valence-corrected chi connectivity index (χ3v) is 4.78. The van der Waals surface area contributed by atoms with Crippen molar-refractivity contribution in [2.24, 2.45) is 0 Å². The van der Waals surface area contributed by atoms with E-state index in [0.29, 0.717) is 13.2 Å². The molecule has 28 heavy (non-hydrogen) atoms. The molecule has 1 unspecified atom stereocenters. The molecule has 6 nitrogen and oxygen atoms in total. The Hall–Kier alpha value is -2.57. The minimum absolute atomic E-state index is 0.0453.